The summed E-state index contributed by atoms with van der Waals surface area (Å²) in [5, 5.41) is 6.46. The summed E-state index contributed by atoms with van der Waals surface area (Å²) in [6.07, 6.45) is 0.924. The van der Waals surface area contributed by atoms with Crippen LogP contribution in [0, 0.1) is 0 Å². The Hall–Kier alpha value is -2.49. The largest absolute Gasteiger partial charge is 0.374 e. The van der Waals surface area contributed by atoms with Crippen molar-refractivity contribution in [2.24, 2.45) is 0 Å². The maximum absolute atomic E-state index is 6.43. The second kappa shape index (κ2) is 8.26. The van der Waals surface area contributed by atoms with E-state index in [0.717, 1.165) is 51.8 Å². The van der Waals surface area contributed by atoms with E-state index in [1.54, 1.807) is 0 Å². The lowest BCUT2D eigenvalue weighted by atomic mass is 10.1. The molecule has 3 nitrogen and oxygen atoms in total. The number of fused-ring (bicyclic) bond motifs is 2. The third-order valence-corrected chi connectivity index (χ3v) is 5.29. The van der Waals surface area contributed by atoms with Gasteiger partial charge in [0.1, 0.15) is 0 Å². The van der Waals surface area contributed by atoms with Crippen LogP contribution < -0.4 is 10.2 Å². The van der Waals surface area contributed by atoms with Crippen LogP contribution in [0.4, 0.5) is 17.1 Å². The minimum absolute atomic E-state index is 0.644. The molecule has 0 amide bonds. The molecule has 1 N–H and O–H groups in total. The SMILES string of the molecule is CN(CCCCl)c1cc(Cl)cc(Nc2c3ccccc3nc3ccccc23)c1. The molecule has 28 heavy (non-hydrogen) atoms. The number of hydrogen-bond donors (Lipinski definition) is 1. The predicted octanol–water partition coefficient (Wildman–Crippen LogP) is 6.85. The summed E-state index contributed by atoms with van der Waals surface area (Å²) < 4.78 is 0. The molecule has 0 unspecified atom stereocenters. The molecule has 4 aromatic rings. The van der Waals surface area contributed by atoms with Crippen LogP contribution in [0.5, 0.6) is 0 Å². The first kappa shape index (κ1) is 18.9. The summed E-state index contributed by atoms with van der Waals surface area (Å²) in [4.78, 5) is 6.96. The van der Waals surface area contributed by atoms with Gasteiger partial charge in [-0.1, -0.05) is 48.0 Å². The molecule has 3 aromatic carbocycles. The van der Waals surface area contributed by atoms with E-state index in [0.29, 0.717) is 10.9 Å². The van der Waals surface area contributed by atoms with Gasteiger partial charge in [-0.05, 0) is 36.8 Å². The van der Waals surface area contributed by atoms with Gasteiger partial charge in [-0.25, -0.2) is 4.98 Å². The molecule has 0 fully saturated rings. The molecule has 142 valence electrons. The third-order valence-electron chi connectivity index (χ3n) is 4.81. The number of aromatic nitrogens is 1. The maximum atomic E-state index is 6.43. The van der Waals surface area contributed by atoms with Crippen LogP contribution in [-0.2, 0) is 0 Å². The van der Waals surface area contributed by atoms with Crippen LogP contribution in [0.15, 0.2) is 66.7 Å². The number of anilines is 3. The first-order chi connectivity index (χ1) is 13.7. The minimum atomic E-state index is 0.644. The molecule has 0 saturated heterocycles. The van der Waals surface area contributed by atoms with Gasteiger partial charge in [0.2, 0.25) is 0 Å². The van der Waals surface area contributed by atoms with Crippen LogP contribution in [0.1, 0.15) is 6.42 Å². The van der Waals surface area contributed by atoms with E-state index in [-0.39, 0.29) is 0 Å². The molecule has 1 heterocycles. The number of alkyl halides is 1. The van der Waals surface area contributed by atoms with Crippen molar-refractivity contribution in [2.45, 2.75) is 6.42 Å². The molecule has 0 bridgehead atoms. The number of hydrogen-bond acceptors (Lipinski definition) is 3. The van der Waals surface area contributed by atoms with E-state index in [9.17, 15) is 0 Å². The highest BCUT2D eigenvalue weighted by Gasteiger charge is 2.11. The summed E-state index contributed by atoms with van der Waals surface area (Å²) in [6, 6.07) is 22.4. The Morgan fingerprint density at radius 1 is 0.929 bits per heavy atom. The second-order valence-corrected chi connectivity index (χ2v) is 7.62. The summed E-state index contributed by atoms with van der Waals surface area (Å²) in [7, 11) is 2.05. The van der Waals surface area contributed by atoms with Crippen molar-refractivity contribution >= 4 is 62.1 Å². The van der Waals surface area contributed by atoms with E-state index in [2.05, 4.69) is 35.5 Å². The van der Waals surface area contributed by atoms with Crippen LogP contribution in [0.25, 0.3) is 21.8 Å². The number of para-hydroxylation sites is 2. The van der Waals surface area contributed by atoms with Gasteiger partial charge >= 0.3 is 0 Å². The number of pyridine rings is 1. The molecule has 1 aromatic heterocycles. The van der Waals surface area contributed by atoms with E-state index in [4.69, 9.17) is 28.2 Å². The van der Waals surface area contributed by atoms with Crippen molar-refractivity contribution < 1.29 is 0 Å². The number of benzene rings is 3. The normalized spacial score (nSPS) is 11.1. The lowest BCUT2D eigenvalue weighted by Crippen LogP contribution is -2.18. The quantitative estimate of drug-likeness (QED) is 0.278. The molecule has 0 radical (unpaired) electrons. The lowest BCUT2D eigenvalue weighted by Gasteiger charge is -2.21. The molecule has 0 spiro atoms. The van der Waals surface area contributed by atoms with E-state index >= 15 is 0 Å². The van der Waals surface area contributed by atoms with Gasteiger partial charge in [-0.2, -0.15) is 0 Å². The third kappa shape index (κ3) is 3.87. The highest BCUT2D eigenvalue weighted by molar-refractivity contribution is 6.31. The number of nitrogens with one attached hydrogen (secondary N) is 1. The Bertz CT molecular complexity index is 1070. The smallest absolute Gasteiger partial charge is 0.0730 e. The topological polar surface area (TPSA) is 28.2 Å². The number of halogens is 2. The van der Waals surface area contributed by atoms with Gasteiger partial charge in [-0.15, -0.1) is 11.6 Å². The zero-order chi connectivity index (χ0) is 19.5. The molecule has 0 atom stereocenters. The molecular formula is C23H21Cl2N3. The fraction of sp³-hybridized carbons (Fsp3) is 0.174. The zero-order valence-corrected chi connectivity index (χ0v) is 17.1. The van der Waals surface area contributed by atoms with Crippen molar-refractivity contribution in [3.05, 3.63) is 71.8 Å². The van der Waals surface area contributed by atoms with Gasteiger partial charge in [0.05, 0.1) is 16.7 Å². The highest BCUT2D eigenvalue weighted by Crippen LogP contribution is 2.35. The lowest BCUT2D eigenvalue weighted by molar-refractivity contribution is 0.857. The average molecular weight is 410 g/mol. The fourth-order valence-corrected chi connectivity index (χ4v) is 3.76. The van der Waals surface area contributed by atoms with Gasteiger partial charge in [0, 0.05) is 46.6 Å². The van der Waals surface area contributed by atoms with Crippen LogP contribution in [-0.4, -0.2) is 24.5 Å². The van der Waals surface area contributed by atoms with Crippen molar-refractivity contribution in [3.63, 3.8) is 0 Å². The van der Waals surface area contributed by atoms with Crippen LogP contribution in [0.3, 0.4) is 0 Å². The van der Waals surface area contributed by atoms with Gasteiger partial charge in [-0.3, -0.25) is 0 Å². The molecule has 0 aliphatic rings. The first-order valence-electron chi connectivity index (χ1n) is 9.28. The van der Waals surface area contributed by atoms with E-state index in [1.807, 2.05) is 48.5 Å². The number of nitrogens with zero attached hydrogens (tertiary/aromatic N) is 2. The van der Waals surface area contributed by atoms with Gasteiger partial charge in [0.25, 0.3) is 0 Å². The average Bonchev–Trinajstić information content (AvgIpc) is 2.71. The van der Waals surface area contributed by atoms with Crippen LogP contribution in [0.2, 0.25) is 5.02 Å². The molecule has 5 heteroatoms. The summed E-state index contributed by atoms with van der Waals surface area (Å²) in [5.41, 5.74) is 4.97. The van der Waals surface area contributed by atoms with E-state index in [1.165, 1.54) is 0 Å². The molecule has 0 saturated carbocycles. The monoisotopic (exact) mass is 409 g/mol. The van der Waals surface area contributed by atoms with E-state index < -0.39 is 0 Å². The number of rotatable bonds is 6. The van der Waals surface area contributed by atoms with Crippen molar-refractivity contribution in [1.29, 1.82) is 0 Å². The second-order valence-electron chi connectivity index (χ2n) is 6.81. The van der Waals surface area contributed by atoms with Gasteiger partial charge in [0.15, 0.2) is 0 Å². The van der Waals surface area contributed by atoms with Crippen LogP contribution >= 0.6 is 23.2 Å². The van der Waals surface area contributed by atoms with Crippen molar-refractivity contribution in [2.75, 3.05) is 29.7 Å². The molecule has 0 aliphatic heterocycles. The zero-order valence-electron chi connectivity index (χ0n) is 15.6. The van der Waals surface area contributed by atoms with Crippen molar-refractivity contribution in [1.82, 2.24) is 4.98 Å². The first-order valence-corrected chi connectivity index (χ1v) is 10.2. The molecule has 0 aliphatic carbocycles. The molecular weight excluding hydrogens is 389 g/mol. The highest BCUT2D eigenvalue weighted by atomic mass is 35.5. The van der Waals surface area contributed by atoms with Crippen molar-refractivity contribution in [3.8, 4) is 0 Å². The predicted molar refractivity (Wildman–Crippen MR) is 123 cm³/mol. The Morgan fingerprint density at radius 2 is 1.57 bits per heavy atom. The standard InChI is InChI=1S/C23H21Cl2N3/c1-28(12-6-11-24)18-14-16(25)13-17(15-18)26-23-19-7-2-4-9-21(19)27-22-10-5-3-8-20(22)23/h2-5,7-10,13-15H,6,11-12H2,1H3,(H,26,27). The fourth-order valence-electron chi connectivity index (χ4n) is 3.41. The minimum Gasteiger partial charge on any atom is -0.374 e. The Kier molecular flexibility index (Phi) is 5.56. The van der Waals surface area contributed by atoms with Gasteiger partial charge < -0.3 is 10.2 Å². The Labute approximate surface area is 174 Å². The summed E-state index contributed by atoms with van der Waals surface area (Å²) >= 11 is 12.3. The summed E-state index contributed by atoms with van der Waals surface area (Å²) in [5.74, 6) is 0.644. The summed E-state index contributed by atoms with van der Waals surface area (Å²) in [6.45, 7) is 0.879. The maximum Gasteiger partial charge on any atom is 0.0730 e. The Morgan fingerprint density at radius 3 is 2.21 bits per heavy atom. The Balaban J connectivity index is 1.80. The molecule has 4 rings (SSSR count).